The van der Waals surface area contributed by atoms with Gasteiger partial charge in [0.05, 0.1) is 12.1 Å². The first-order chi connectivity index (χ1) is 12.1. The molecule has 2 fully saturated rings. The summed E-state index contributed by atoms with van der Waals surface area (Å²) in [6.07, 6.45) is 5.63. The van der Waals surface area contributed by atoms with Gasteiger partial charge in [0.1, 0.15) is 0 Å². The molecule has 0 spiro atoms. The zero-order chi connectivity index (χ0) is 17.4. The topological polar surface area (TPSA) is 86.8 Å². The van der Waals surface area contributed by atoms with E-state index in [0.717, 1.165) is 48.1 Å². The number of hydrogen-bond donors (Lipinski definition) is 2. The molecule has 132 valence electrons. The minimum absolute atomic E-state index is 0.0482. The van der Waals surface area contributed by atoms with E-state index in [1.54, 1.807) is 0 Å². The summed E-state index contributed by atoms with van der Waals surface area (Å²) < 4.78 is 0. The highest BCUT2D eigenvalue weighted by molar-refractivity contribution is 5.79. The Morgan fingerprint density at radius 1 is 1.36 bits per heavy atom. The largest absolute Gasteiger partial charge is 0.351 e. The molecule has 4 rings (SSSR count). The summed E-state index contributed by atoms with van der Waals surface area (Å²) in [6, 6.07) is 2.17. The van der Waals surface area contributed by atoms with Gasteiger partial charge in [-0.05, 0) is 39.2 Å². The smallest absolute Gasteiger partial charge is 0.225 e. The Morgan fingerprint density at radius 3 is 2.92 bits per heavy atom. The lowest BCUT2D eigenvalue weighted by Gasteiger charge is -2.17. The van der Waals surface area contributed by atoms with Gasteiger partial charge in [-0.1, -0.05) is 0 Å². The first-order valence-corrected chi connectivity index (χ1v) is 8.98. The molecule has 1 saturated heterocycles. The third-order valence-corrected chi connectivity index (χ3v) is 5.11. The summed E-state index contributed by atoms with van der Waals surface area (Å²) in [5.41, 5.74) is 4.01. The molecule has 7 heteroatoms. The van der Waals surface area contributed by atoms with E-state index in [1.807, 2.05) is 26.1 Å². The zero-order valence-electron chi connectivity index (χ0n) is 14.7. The molecule has 0 bridgehead atoms. The maximum Gasteiger partial charge on any atom is 0.225 e. The second-order valence-electron chi connectivity index (χ2n) is 7.14. The predicted octanol–water partition coefficient (Wildman–Crippen LogP) is 1.63. The molecular weight excluding hydrogens is 316 g/mol. The second-order valence-corrected chi connectivity index (χ2v) is 7.14. The van der Waals surface area contributed by atoms with E-state index in [4.69, 9.17) is 4.98 Å². The molecule has 2 aromatic heterocycles. The van der Waals surface area contributed by atoms with Crippen LogP contribution in [0.4, 0.5) is 5.95 Å². The van der Waals surface area contributed by atoms with Crippen molar-refractivity contribution in [1.29, 1.82) is 0 Å². The number of aryl methyl sites for hydroxylation is 2. The number of H-pyrrole nitrogens is 1. The second kappa shape index (κ2) is 6.46. The van der Waals surface area contributed by atoms with E-state index >= 15 is 0 Å². The fourth-order valence-corrected chi connectivity index (χ4v) is 3.45. The van der Waals surface area contributed by atoms with Gasteiger partial charge in [0.25, 0.3) is 0 Å². The van der Waals surface area contributed by atoms with Gasteiger partial charge in [0.2, 0.25) is 11.9 Å². The molecule has 0 radical (unpaired) electrons. The van der Waals surface area contributed by atoms with Crippen LogP contribution >= 0.6 is 0 Å². The lowest BCUT2D eigenvalue weighted by Crippen LogP contribution is -2.38. The summed E-state index contributed by atoms with van der Waals surface area (Å²) in [6.45, 7) is 5.52. The van der Waals surface area contributed by atoms with Gasteiger partial charge in [0.15, 0.2) is 0 Å². The number of aromatic nitrogens is 4. The van der Waals surface area contributed by atoms with Crippen molar-refractivity contribution in [2.75, 3.05) is 18.0 Å². The van der Waals surface area contributed by atoms with E-state index < -0.39 is 0 Å². The first-order valence-electron chi connectivity index (χ1n) is 8.98. The normalized spacial score (nSPS) is 20.1. The van der Waals surface area contributed by atoms with Gasteiger partial charge in [-0.2, -0.15) is 5.10 Å². The van der Waals surface area contributed by atoms with Crippen LogP contribution in [0.1, 0.15) is 47.8 Å². The molecule has 0 aromatic carbocycles. The Kier molecular flexibility index (Phi) is 4.15. The molecule has 1 aliphatic heterocycles. The summed E-state index contributed by atoms with van der Waals surface area (Å²) in [5.74, 6) is 1.47. The lowest BCUT2D eigenvalue weighted by atomic mass is 10.1. The van der Waals surface area contributed by atoms with Gasteiger partial charge in [0, 0.05) is 48.2 Å². The van der Waals surface area contributed by atoms with Crippen molar-refractivity contribution in [3.8, 4) is 0 Å². The van der Waals surface area contributed by atoms with Crippen LogP contribution in [0, 0.1) is 13.8 Å². The Hall–Kier alpha value is -2.44. The number of rotatable bonds is 5. The quantitative estimate of drug-likeness (QED) is 0.864. The van der Waals surface area contributed by atoms with E-state index in [1.165, 1.54) is 12.8 Å². The van der Waals surface area contributed by atoms with Crippen molar-refractivity contribution in [1.82, 2.24) is 25.5 Å². The fraction of sp³-hybridized carbons (Fsp3) is 0.556. The van der Waals surface area contributed by atoms with Crippen LogP contribution in [-0.4, -0.2) is 45.2 Å². The maximum absolute atomic E-state index is 12.4. The Morgan fingerprint density at radius 2 is 2.20 bits per heavy atom. The van der Waals surface area contributed by atoms with Crippen LogP contribution in [0.5, 0.6) is 0 Å². The molecule has 1 atom stereocenters. The average molecular weight is 340 g/mol. The highest BCUT2D eigenvalue weighted by Crippen LogP contribution is 2.39. The van der Waals surface area contributed by atoms with Crippen LogP contribution in [0.15, 0.2) is 12.3 Å². The summed E-state index contributed by atoms with van der Waals surface area (Å²) in [5, 5.41) is 10.2. The zero-order valence-corrected chi connectivity index (χ0v) is 14.7. The monoisotopic (exact) mass is 340 g/mol. The number of carbonyl (C=O) groups is 1. The lowest BCUT2D eigenvalue weighted by molar-refractivity contribution is -0.121. The molecule has 2 N–H and O–H groups in total. The molecule has 25 heavy (non-hydrogen) atoms. The minimum Gasteiger partial charge on any atom is -0.351 e. The summed E-state index contributed by atoms with van der Waals surface area (Å²) >= 11 is 0. The van der Waals surface area contributed by atoms with Crippen LogP contribution in [0.25, 0.3) is 0 Å². The predicted molar refractivity (Wildman–Crippen MR) is 94.5 cm³/mol. The van der Waals surface area contributed by atoms with Gasteiger partial charge in [-0.15, -0.1) is 0 Å². The van der Waals surface area contributed by atoms with E-state index in [2.05, 4.69) is 25.4 Å². The number of hydrogen-bond acceptors (Lipinski definition) is 5. The van der Waals surface area contributed by atoms with Crippen molar-refractivity contribution >= 4 is 11.9 Å². The number of anilines is 1. The van der Waals surface area contributed by atoms with Crippen molar-refractivity contribution in [2.24, 2.45) is 0 Å². The van der Waals surface area contributed by atoms with Crippen molar-refractivity contribution < 1.29 is 4.79 Å². The number of aromatic amines is 1. The third kappa shape index (κ3) is 3.50. The molecule has 7 nitrogen and oxygen atoms in total. The van der Waals surface area contributed by atoms with E-state index in [9.17, 15) is 4.79 Å². The summed E-state index contributed by atoms with van der Waals surface area (Å²) in [4.78, 5) is 23.7. The Balaban J connectivity index is 1.34. The van der Waals surface area contributed by atoms with Crippen molar-refractivity contribution in [3.63, 3.8) is 0 Å². The number of nitrogens with zero attached hydrogens (tertiary/aromatic N) is 4. The number of nitrogens with one attached hydrogen (secondary N) is 2. The van der Waals surface area contributed by atoms with Gasteiger partial charge < -0.3 is 10.2 Å². The van der Waals surface area contributed by atoms with Crippen molar-refractivity contribution in [3.05, 3.63) is 34.9 Å². The molecule has 1 aliphatic carbocycles. The Labute approximate surface area is 147 Å². The third-order valence-electron chi connectivity index (χ3n) is 5.11. The van der Waals surface area contributed by atoms with Gasteiger partial charge in [-0.3, -0.25) is 9.89 Å². The SMILES string of the molecule is Cc1n[nH]c(C)c1CC(=O)NC1CCN(c2nccc(C3CC3)n2)C1. The van der Waals surface area contributed by atoms with Crippen LogP contribution < -0.4 is 10.2 Å². The highest BCUT2D eigenvalue weighted by Gasteiger charge is 2.29. The standard InChI is InChI=1S/C18H24N6O/c1-11-15(12(2)23-22-11)9-17(25)20-14-6-8-24(10-14)18-19-7-5-16(21-18)13-3-4-13/h5,7,13-14H,3-4,6,8-10H2,1-2H3,(H,20,25)(H,22,23). The van der Waals surface area contributed by atoms with Crippen LogP contribution in [0.3, 0.4) is 0 Å². The van der Waals surface area contributed by atoms with Gasteiger partial charge >= 0.3 is 0 Å². The van der Waals surface area contributed by atoms with Gasteiger partial charge in [-0.25, -0.2) is 9.97 Å². The van der Waals surface area contributed by atoms with Crippen molar-refractivity contribution in [2.45, 2.75) is 51.5 Å². The first kappa shape index (κ1) is 16.1. The van der Waals surface area contributed by atoms with Crippen LogP contribution in [0.2, 0.25) is 0 Å². The molecule has 2 aromatic rings. The molecular formula is C18H24N6O. The Bertz CT molecular complexity index is 762. The molecule has 2 aliphatic rings. The van der Waals surface area contributed by atoms with E-state index in [0.29, 0.717) is 12.3 Å². The molecule has 1 saturated carbocycles. The minimum atomic E-state index is 0.0482. The maximum atomic E-state index is 12.4. The number of carbonyl (C=O) groups excluding carboxylic acids is 1. The van der Waals surface area contributed by atoms with E-state index in [-0.39, 0.29) is 11.9 Å². The molecule has 3 heterocycles. The molecule has 1 amide bonds. The number of amides is 1. The highest BCUT2D eigenvalue weighted by atomic mass is 16.1. The average Bonchev–Trinajstić information content (AvgIpc) is 3.29. The molecule has 1 unspecified atom stereocenters. The fourth-order valence-electron chi connectivity index (χ4n) is 3.45. The summed E-state index contributed by atoms with van der Waals surface area (Å²) in [7, 11) is 0. The van der Waals surface area contributed by atoms with Crippen LogP contribution in [-0.2, 0) is 11.2 Å².